The number of aryl methyl sites for hydroxylation is 3. The zero-order valence-corrected chi connectivity index (χ0v) is 10.8. The standard InChI is InChI=1S/C15H15NS/c1-16-12-8-4-2-6-10(12)14-11-7-3-5-9-13(11)17-15(14)16/h2,4,6,8H,3,5,7,9H2,1H3. The van der Waals surface area contributed by atoms with Crippen LogP contribution in [0.25, 0.3) is 21.1 Å². The predicted octanol–water partition coefficient (Wildman–Crippen LogP) is 4.27. The van der Waals surface area contributed by atoms with Gasteiger partial charge in [-0.2, -0.15) is 0 Å². The van der Waals surface area contributed by atoms with E-state index in [4.69, 9.17) is 0 Å². The van der Waals surface area contributed by atoms with Crippen LogP contribution in [0.3, 0.4) is 0 Å². The second-order valence-corrected chi connectivity index (χ2v) is 6.05. The molecule has 17 heavy (non-hydrogen) atoms. The van der Waals surface area contributed by atoms with E-state index in [-0.39, 0.29) is 0 Å². The summed E-state index contributed by atoms with van der Waals surface area (Å²) in [6.45, 7) is 0. The second kappa shape index (κ2) is 3.36. The fraction of sp³-hybridized carbons (Fsp3) is 0.333. The molecule has 0 radical (unpaired) electrons. The molecule has 0 N–H and O–H groups in total. The minimum Gasteiger partial charge on any atom is -0.335 e. The van der Waals surface area contributed by atoms with E-state index in [1.807, 2.05) is 11.3 Å². The molecular weight excluding hydrogens is 226 g/mol. The Kier molecular flexibility index (Phi) is 1.92. The predicted molar refractivity (Wildman–Crippen MR) is 74.9 cm³/mol. The van der Waals surface area contributed by atoms with Crippen LogP contribution in [0.1, 0.15) is 23.3 Å². The van der Waals surface area contributed by atoms with Gasteiger partial charge >= 0.3 is 0 Å². The average Bonchev–Trinajstić information content (AvgIpc) is 2.88. The van der Waals surface area contributed by atoms with Crippen LogP contribution in [0.2, 0.25) is 0 Å². The van der Waals surface area contributed by atoms with E-state index in [9.17, 15) is 0 Å². The van der Waals surface area contributed by atoms with E-state index < -0.39 is 0 Å². The van der Waals surface area contributed by atoms with Gasteiger partial charge in [0.05, 0.1) is 0 Å². The van der Waals surface area contributed by atoms with Gasteiger partial charge in [0.25, 0.3) is 0 Å². The Hall–Kier alpha value is -1.28. The van der Waals surface area contributed by atoms with Crippen LogP contribution in [0.15, 0.2) is 24.3 Å². The monoisotopic (exact) mass is 241 g/mol. The number of benzene rings is 1. The highest BCUT2D eigenvalue weighted by atomic mass is 32.1. The first-order chi connectivity index (χ1) is 8.36. The van der Waals surface area contributed by atoms with Gasteiger partial charge in [-0.1, -0.05) is 18.2 Å². The molecule has 2 aromatic heterocycles. The highest BCUT2D eigenvalue weighted by molar-refractivity contribution is 7.19. The van der Waals surface area contributed by atoms with Crippen molar-refractivity contribution in [1.82, 2.24) is 4.57 Å². The number of hydrogen-bond acceptors (Lipinski definition) is 1. The van der Waals surface area contributed by atoms with Crippen LogP contribution >= 0.6 is 11.3 Å². The highest BCUT2D eigenvalue weighted by Gasteiger charge is 2.20. The van der Waals surface area contributed by atoms with Crippen molar-refractivity contribution in [3.63, 3.8) is 0 Å². The Bertz CT molecular complexity index is 717. The summed E-state index contributed by atoms with van der Waals surface area (Å²) in [5.74, 6) is 0. The van der Waals surface area contributed by atoms with Gasteiger partial charge in [0.15, 0.2) is 0 Å². The van der Waals surface area contributed by atoms with Crippen LogP contribution in [0.5, 0.6) is 0 Å². The lowest BCUT2D eigenvalue weighted by Gasteiger charge is -2.10. The summed E-state index contributed by atoms with van der Waals surface area (Å²) >= 11 is 2.02. The van der Waals surface area contributed by atoms with Crippen LogP contribution in [0, 0.1) is 0 Å². The smallest absolute Gasteiger partial charge is 0.104 e. The lowest BCUT2D eigenvalue weighted by Crippen LogP contribution is -1.97. The molecule has 0 fully saturated rings. The van der Waals surface area contributed by atoms with Crippen LogP contribution in [-0.2, 0) is 19.9 Å². The zero-order chi connectivity index (χ0) is 11.4. The number of thiophene rings is 1. The molecule has 4 rings (SSSR count). The first kappa shape index (κ1) is 9.72. The summed E-state index contributed by atoms with van der Waals surface area (Å²) in [7, 11) is 2.20. The van der Waals surface area contributed by atoms with E-state index in [0.717, 1.165) is 0 Å². The fourth-order valence-corrected chi connectivity index (χ4v) is 4.53. The van der Waals surface area contributed by atoms with Gasteiger partial charge in [0.2, 0.25) is 0 Å². The number of hydrogen-bond donors (Lipinski definition) is 0. The Morgan fingerprint density at radius 1 is 1.12 bits per heavy atom. The van der Waals surface area contributed by atoms with Crippen LogP contribution in [-0.4, -0.2) is 4.57 Å². The maximum Gasteiger partial charge on any atom is 0.104 e. The maximum absolute atomic E-state index is 2.37. The molecule has 0 spiro atoms. The molecule has 1 aromatic carbocycles. The number of rotatable bonds is 0. The second-order valence-electron chi connectivity index (χ2n) is 4.97. The Morgan fingerprint density at radius 3 is 2.88 bits per heavy atom. The zero-order valence-electron chi connectivity index (χ0n) is 9.99. The van der Waals surface area contributed by atoms with Gasteiger partial charge in [-0.15, -0.1) is 11.3 Å². The molecule has 0 atom stereocenters. The quantitative estimate of drug-likeness (QED) is 0.554. The molecule has 0 amide bonds. The molecule has 2 heteroatoms. The molecule has 1 aliphatic carbocycles. The molecule has 0 saturated carbocycles. The molecule has 0 bridgehead atoms. The largest absolute Gasteiger partial charge is 0.335 e. The molecule has 0 unspecified atom stereocenters. The number of para-hydroxylation sites is 1. The molecule has 2 heterocycles. The van der Waals surface area contributed by atoms with Gasteiger partial charge in [0, 0.05) is 28.2 Å². The molecule has 0 aliphatic heterocycles. The molecule has 3 aromatic rings. The van der Waals surface area contributed by atoms with Gasteiger partial charge < -0.3 is 4.57 Å². The molecule has 86 valence electrons. The fourth-order valence-electron chi connectivity index (χ4n) is 3.15. The van der Waals surface area contributed by atoms with Crippen molar-refractivity contribution in [1.29, 1.82) is 0 Å². The van der Waals surface area contributed by atoms with Crippen molar-refractivity contribution in [3.05, 3.63) is 34.7 Å². The van der Waals surface area contributed by atoms with Gasteiger partial charge in [-0.05, 0) is 37.3 Å². The minimum absolute atomic E-state index is 1.28. The number of aromatic nitrogens is 1. The van der Waals surface area contributed by atoms with Crippen molar-refractivity contribution >= 4 is 32.5 Å². The Labute approximate surface area is 105 Å². The third-order valence-corrected chi connectivity index (χ3v) is 5.36. The van der Waals surface area contributed by atoms with E-state index in [2.05, 4.69) is 35.9 Å². The first-order valence-electron chi connectivity index (χ1n) is 6.34. The highest BCUT2D eigenvalue weighted by Crippen LogP contribution is 2.41. The van der Waals surface area contributed by atoms with Crippen LogP contribution < -0.4 is 0 Å². The van der Waals surface area contributed by atoms with E-state index in [1.165, 1.54) is 41.4 Å². The Balaban J connectivity index is 2.22. The first-order valence-corrected chi connectivity index (χ1v) is 7.15. The SMILES string of the molecule is Cn1c2ccccc2c2c3c(sc21)CCCC3. The third-order valence-electron chi connectivity index (χ3n) is 3.99. The topological polar surface area (TPSA) is 4.93 Å². The third kappa shape index (κ3) is 1.19. The molecular formula is C15H15NS. The summed E-state index contributed by atoms with van der Waals surface area (Å²) in [5, 5.41) is 2.99. The van der Waals surface area contributed by atoms with Crippen LogP contribution in [0.4, 0.5) is 0 Å². The summed E-state index contributed by atoms with van der Waals surface area (Å²) in [4.78, 5) is 3.11. The minimum atomic E-state index is 1.28. The van der Waals surface area contributed by atoms with Crippen molar-refractivity contribution in [2.45, 2.75) is 25.7 Å². The summed E-state index contributed by atoms with van der Waals surface area (Å²) in [6, 6.07) is 8.81. The van der Waals surface area contributed by atoms with Crippen molar-refractivity contribution in [3.8, 4) is 0 Å². The average molecular weight is 241 g/mol. The lowest BCUT2D eigenvalue weighted by molar-refractivity contribution is 0.700. The van der Waals surface area contributed by atoms with Crippen molar-refractivity contribution in [2.75, 3.05) is 0 Å². The Morgan fingerprint density at radius 2 is 1.94 bits per heavy atom. The van der Waals surface area contributed by atoms with Gasteiger partial charge in [-0.25, -0.2) is 0 Å². The normalized spacial score (nSPS) is 15.6. The summed E-state index contributed by atoms with van der Waals surface area (Å²) in [6.07, 6.45) is 5.31. The van der Waals surface area contributed by atoms with Gasteiger partial charge in [-0.3, -0.25) is 0 Å². The van der Waals surface area contributed by atoms with Crippen molar-refractivity contribution in [2.24, 2.45) is 7.05 Å². The van der Waals surface area contributed by atoms with E-state index in [1.54, 1.807) is 15.8 Å². The maximum atomic E-state index is 2.37. The van der Waals surface area contributed by atoms with Crippen molar-refractivity contribution < 1.29 is 0 Å². The summed E-state index contributed by atoms with van der Waals surface area (Å²) in [5.41, 5.74) is 3.02. The molecule has 1 nitrogen and oxygen atoms in total. The molecule has 1 aliphatic rings. The number of fused-ring (bicyclic) bond motifs is 5. The lowest BCUT2D eigenvalue weighted by atomic mass is 9.96. The molecule has 0 saturated heterocycles. The van der Waals surface area contributed by atoms with Gasteiger partial charge in [0.1, 0.15) is 4.83 Å². The number of nitrogens with zero attached hydrogens (tertiary/aromatic N) is 1. The summed E-state index contributed by atoms with van der Waals surface area (Å²) < 4.78 is 2.37. The van der Waals surface area contributed by atoms with E-state index in [0.29, 0.717) is 0 Å². The van der Waals surface area contributed by atoms with E-state index >= 15 is 0 Å².